The molecule has 1 aliphatic heterocycles. The molecule has 6 heteroatoms. The van der Waals surface area contributed by atoms with Gasteiger partial charge in [-0.15, -0.1) is 0 Å². The quantitative estimate of drug-likeness (QED) is 0.582. The molecule has 17 heavy (non-hydrogen) atoms. The lowest BCUT2D eigenvalue weighted by molar-refractivity contribution is -0.135. The first-order chi connectivity index (χ1) is 7.95. The molecule has 5 N–H and O–H groups in total. The predicted octanol–water partition coefficient (Wildman–Crippen LogP) is -0.881. The highest BCUT2D eigenvalue weighted by Crippen LogP contribution is 2.19. The van der Waals surface area contributed by atoms with Crippen molar-refractivity contribution in [2.45, 2.75) is 44.9 Å². The molecule has 0 aromatic heterocycles. The molecule has 1 unspecified atom stereocenters. The van der Waals surface area contributed by atoms with Gasteiger partial charge in [-0.2, -0.15) is 0 Å². The molecule has 0 bridgehead atoms. The summed E-state index contributed by atoms with van der Waals surface area (Å²) in [5.74, 6) is -0.844. The topological polar surface area (TPSA) is 107 Å². The second-order valence-electron chi connectivity index (χ2n) is 4.69. The maximum absolute atomic E-state index is 11.8. The SMILES string of the molecule is CC(C)C(NC(=O)[C@@H]1CC[C@H](CN)O1)C(N)=O. The first kappa shape index (κ1) is 13.9. The predicted molar refractivity (Wildman–Crippen MR) is 62.9 cm³/mol. The molecular weight excluding hydrogens is 222 g/mol. The van der Waals surface area contributed by atoms with Crippen LogP contribution >= 0.6 is 0 Å². The first-order valence-corrected chi connectivity index (χ1v) is 5.91. The highest BCUT2D eigenvalue weighted by molar-refractivity contribution is 5.88. The molecule has 1 heterocycles. The zero-order valence-electron chi connectivity index (χ0n) is 10.3. The van der Waals surface area contributed by atoms with Gasteiger partial charge in [0, 0.05) is 6.54 Å². The summed E-state index contributed by atoms with van der Waals surface area (Å²) in [5, 5.41) is 2.62. The number of primary amides is 1. The summed E-state index contributed by atoms with van der Waals surface area (Å²) in [6, 6.07) is -0.650. The van der Waals surface area contributed by atoms with Crippen LogP contribution in [0, 0.1) is 5.92 Å². The van der Waals surface area contributed by atoms with Crippen LogP contribution in [0.25, 0.3) is 0 Å². The Hall–Kier alpha value is -1.14. The average Bonchev–Trinajstić information content (AvgIpc) is 2.73. The van der Waals surface area contributed by atoms with E-state index in [9.17, 15) is 9.59 Å². The Morgan fingerprint density at radius 3 is 2.47 bits per heavy atom. The summed E-state index contributed by atoms with van der Waals surface area (Å²) < 4.78 is 5.44. The molecule has 0 radical (unpaired) electrons. The van der Waals surface area contributed by atoms with Gasteiger partial charge >= 0.3 is 0 Å². The van der Waals surface area contributed by atoms with E-state index in [0.717, 1.165) is 6.42 Å². The number of hydrogen-bond donors (Lipinski definition) is 3. The van der Waals surface area contributed by atoms with E-state index in [2.05, 4.69) is 5.32 Å². The van der Waals surface area contributed by atoms with Gasteiger partial charge in [-0.05, 0) is 18.8 Å². The second kappa shape index (κ2) is 5.97. The van der Waals surface area contributed by atoms with Crippen LogP contribution < -0.4 is 16.8 Å². The molecule has 0 spiro atoms. The Morgan fingerprint density at radius 2 is 2.06 bits per heavy atom. The van der Waals surface area contributed by atoms with Crippen LogP contribution in [0.3, 0.4) is 0 Å². The van der Waals surface area contributed by atoms with E-state index in [4.69, 9.17) is 16.2 Å². The minimum Gasteiger partial charge on any atom is -0.368 e. The molecule has 1 aliphatic rings. The molecule has 0 aromatic rings. The van der Waals surface area contributed by atoms with Crippen molar-refractivity contribution in [3.05, 3.63) is 0 Å². The summed E-state index contributed by atoms with van der Waals surface area (Å²) in [6.45, 7) is 4.06. The van der Waals surface area contributed by atoms with Crippen LogP contribution in [0.5, 0.6) is 0 Å². The van der Waals surface area contributed by atoms with E-state index in [-0.39, 0.29) is 17.9 Å². The largest absolute Gasteiger partial charge is 0.368 e. The fourth-order valence-corrected chi connectivity index (χ4v) is 1.88. The van der Waals surface area contributed by atoms with Crippen molar-refractivity contribution < 1.29 is 14.3 Å². The average molecular weight is 243 g/mol. The van der Waals surface area contributed by atoms with Crippen molar-refractivity contribution in [2.24, 2.45) is 17.4 Å². The monoisotopic (exact) mass is 243 g/mol. The minimum absolute atomic E-state index is 0.0387. The van der Waals surface area contributed by atoms with E-state index in [1.165, 1.54) is 0 Å². The number of carbonyl (C=O) groups is 2. The van der Waals surface area contributed by atoms with E-state index >= 15 is 0 Å². The molecule has 0 aromatic carbocycles. The number of ether oxygens (including phenoxy) is 1. The van der Waals surface area contributed by atoms with Crippen LogP contribution in [0.1, 0.15) is 26.7 Å². The molecule has 98 valence electrons. The third kappa shape index (κ3) is 3.67. The summed E-state index contributed by atoms with van der Waals surface area (Å²) >= 11 is 0. The summed E-state index contributed by atoms with van der Waals surface area (Å²) in [5.41, 5.74) is 10.7. The molecular formula is C11H21N3O3. The Balaban J connectivity index is 2.51. The molecule has 2 amide bonds. The maximum atomic E-state index is 11.8. The third-order valence-electron chi connectivity index (χ3n) is 2.93. The van der Waals surface area contributed by atoms with Crippen molar-refractivity contribution in [1.29, 1.82) is 0 Å². The van der Waals surface area contributed by atoms with Crippen LogP contribution in [0.2, 0.25) is 0 Å². The van der Waals surface area contributed by atoms with Crippen LogP contribution in [-0.2, 0) is 14.3 Å². The molecule has 0 aliphatic carbocycles. The lowest BCUT2D eigenvalue weighted by atomic mass is 10.0. The lowest BCUT2D eigenvalue weighted by Crippen LogP contribution is -2.50. The summed E-state index contributed by atoms with van der Waals surface area (Å²) in [4.78, 5) is 23.0. The van der Waals surface area contributed by atoms with Crippen LogP contribution in [0.15, 0.2) is 0 Å². The highest BCUT2D eigenvalue weighted by atomic mass is 16.5. The van der Waals surface area contributed by atoms with Gasteiger partial charge < -0.3 is 21.5 Å². The molecule has 1 fully saturated rings. The van der Waals surface area contributed by atoms with Gasteiger partial charge in [-0.3, -0.25) is 9.59 Å². The van der Waals surface area contributed by atoms with Gasteiger partial charge in [0.05, 0.1) is 6.10 Å². The Morgan fingerprint density at radius 1 is 1.41 bits per heavy atom. The van der Waals surface area contributed by atoms with Gasteiger partial charge in [0.25, 0.3) is 0 Å². The Kier molecular flexibility index (Phi) is 4.89. The summed E-state index contributed by atoms with van der Waals surface area (Å²) in [6.07, 6.45) is 0.843. The van der Waals surface area contributed by atoms with Gasteiger partial charge in [0.15, 0.2) is 0 Å². The van der Waals surface area contributed by atoms with Gasteiger partial charge in [0.1, 0.15) is 12.1 Å². The number of carbonyl (C=O) groups excluding carboxylic acids is 2. The standard InChI is InChI=1S/C11H21N3O3/c1-6(2)9(10(13)15)14-11(16)8-4-3-7(5-12)17-8/h6-9H,3-5,12H2,1-2H3,(H2,13,15)(H,14,16)/t7-,8+,9?/m1/s1. The fraction of sp³-hybridized carbons (Fsp3) is 0.818. The fourth-order valence-electron chi connectivity index (χ4n) is 1.88. The Labute approximate surface area is 101 Å². The van der Waals surface area contributed by atoms with Gasteiger partial charge in [-0.25, -0.2) is 0 Å². The summed E-state index contributed by atoms with van der Waals surface area (Å²) in [7, 11) is 0. The maximum Gasteiger partial charge on any atom is 0.249 e. The first-order valence-electron chi connectivity index (χ1n) is 5.91. The highest BCUT2D eigenvalue weighted by Gasteiger charge is 2.32. The number of nitrogens with one attached hydrogen (secondary N) is 1. The van der Waals surface area contributed by atoms with Crippen molar-refractivity contribution in [3.63, 3.8) is 0 Å². The van der Waals surface area contributed by atoms with Gasteiger partial charge in [0.2, 0.25) is 11.8 Å². The van der Waals surface area contributed by atoms with Crippen LogP contribution in [0.4, 0.5) is 0 Å². The lowest BCUT2D eigenvalue weighted by Gasteiger charge is -2.21. The zero-order valence-corrected chi connectivity index (χ0v) is 10.3. The number of rotatable bonds is 5. The number of nitrogens with two attached hydrogens (primary N) is 2. The molecule has 1 saturated heterocycles. The van der Waals surface area contributed by atoms with E-state index in [0.29, 0.717) is 13.0 Å². The molecule has 6 nitrogen and oxygen atoms in total. The van der Waals surface area contributed by atoms with Crippen LogP contribution in [-0.4, -0.2) is 36.6 Å². The number of amides is 2. The number of hydrogen-bond acceptors (Lipinski definition) is 4. The smallest absolute Gasteiger partial charge is 0.249 e. The third-order valence-corrected chi connectivity index (χ3v) is 2.93. The Bertz CT molecular complexity index is 294. The molecule has 0 saturated carbocycles. The molecule has 1 rings (SSSR count). The molecule has 3 atom stereocenters. The van der Waals surface area contributed by atoms with E-state index in [1.807, 2.05) is 13.8 Å². The minimum atomic E-state index is -0.650. The van der Waals surface area contributed by atoms with E-state index in [1.54, 1.807) is 0 Å². The van der Waals surface area contributed by atoms with Crippen molar-refractivity contribution >= 4 is 11.8 Å². The zero-order chi connectivity index (χ0) is 13.0. The van der Waals surface area contributed by atoms with Crippen molar-refractivity contribution in [3.8, 4) is 0 Å². The van der Waals surface area contributed by atoms with Crippen molar-refractivity contribution in [1.82, 2.24) is 5.32 Å². The second-order valence-corrected chi connectivity index (χ2v) is 4.69. The van der Waals surface area contributed by atoms with Crippen molar-refractivity contribution in [2.75, 3.05) is 6.54 Å². The normalized spacial score (nSPS) is 25.9. The van der Waals surface area contributed by atoms with Gasteiger partial charge in [-0.1, -0.05) is 13.8 Å². The van der Waals surface area contributed by atoms with E-state index < -0.39 is 18.1 Å².